The molecule has 0 heterocycles. The van der Waals surface area contributed by atoms with Crippen molar-refractivity contribution >= 4 is 16.4 Å². The molecule has 2 nitrogen and oxygen atoms in total. The van der Waals surface area contributed by atoms with Gasteiger partial charge in [0, 0.05) is 6.42 Å². The average Bonchev–Trinajstić information content (AvgIpc) is 2.12. The molecule has 0 aliphatic heterocycles. The molecule has 1 N–H and O–H groups in total. The van der Waals surface area contributed by atoms with Crippen LogP contribution < -0.4 is 0 Å². The molecule has 0 aliphatic rings. The van der Waals surface area contributed by atoms with Crippen molar-refractivity contribution in [2.24, 2.45) is 0 Å². The van der Waals surface area contributed by atoms with Crippen molar-refractivity contribution < 1.29 is 9.53 Å². The highest BCUT2D eigenvalue weighted by atomic mass is 28.4. The first-order valence-electron chi connectivity index (χ1n) is 6.68. The van der Waals surface area contributed by atoms with Crippen LogP contribution in [0.3, 0.4) is 0 Å². The van der Waals surface area contributed by atoms with Crippen LogP contribution in [0.5, 0.6) is 0 Å². The second-order valence-corrected chi connectivity index (χ2v) is 16.9. The molecule has 1 atom stereocenters. The van der Waals surface area contributed by atoms with E-state index in [0.717, 1.165) is 0 Å². The van der Waals surface area contributed by atoms with Gasteiger partial charge in [0.15, 0.2) is 8.32 Å². The Hall–Kier alpha value is -0.0862. The Morgan fingerprint density at radius 2 is 1.61 bits per heavy atom. The molecule has 18 heavy (non-hydrogen) atoms. The van der Waals surface area contributed by atoms with E-state index in [4.69, 9.17) is 4.43 Å². The molecule has 0 rings (SSSR count). The van der Waals surface area contributed by atoms with Gasteiger partial charge < -0.3 is 9.53 Å². The van der Waals surface area contributed by atoms with Gasteiger partial charge in [-0.2, -0.15) is 0 Å². The van der Waals surface area contributed by atoms with E-state index in [0.29, 0.717) is 6.42 Å². The van der Waals surface area contributed by atoms with Crippen molar-refractivity contribution in [3.63, 3.8) is 0 Å². The van der Waals surface area contributed by atoms with Crippen LogP contribution in [0.15, 0.2) is 0 Å². The van der Waals surface area contributed by atoms with Crippen LogP contribution in [-0.2, 0) is 4.43 Å². The quantitative estimate of drug-likeness (QED) is 0.631. The van der Waals surface area contributed by atoms with E-state index >= 15 is 0 Å². The van der Waals surface area contributed by atoms with Gasteiger partial charge >= 0.3 is 0 Å². The van der Waals surface area contributed by atoms with Gasteiger partial charge in [-0.25, -0.2) is 0 Å². The van der Waals surface area contributed by atoms with Gasteiger partial charge in [0.1, 0.15) is 8.07 Å². The Balaban J connectivity index is 4.58. The predicted octanol–water partition coefficient (Wildman–Crippen LogP) is 3.64. The van der Waals surface area contributed by atoms with Crippen molar-refractivity contribution in [3.05, 3.63) is 0 Å². The largest absolute Gasteiger partial charge is 0.411 e. The smallest absolute Gasteiger partial charge is 0.192 e. The zero-order chi connectivity index (χ0) is 14.6. The van der Waals surface area contributed by atoms with Gasteiger partial charge in [-0.3, -0.25) is 0 Å². The first kappa shape index (κ1) is 17.9. The molecular formula is C14H30O2Si2. The predicted molar refractivity (Wildman–Crippen MR) is 84.9 cm³/mol. The van der Waals surface area contributed by atoms with E-state index in [9.17, 15) is 5.11 Å². The first-order valence-corrected chi connectivity index (χ1v) is 13.1. The van der Waals surface area contributed by atoms with Crippen LogP contribution in [0.1, 0.15) is 27.2 Å². The Bertz CT molecular complexity index is 313. The summed E-state index contributed by atoms with van der Waals surface area (Å²) in [5.74, 6) is 3.20. The molecule has 0 bridgehead atoms. The molecule has 0 spiro atoms. The summed E-state index contributed by atoms with van der Waals surface area (Å²) in [5.41, 5.74) is 3.32. The normalized spacial score (nSPS) is 14.9. The minimum Gasteiger partial charge on any atom is -0.411 e. The zero-order valence-electron chi connectivity index (χ0n) is 13.3. The Morgan fingerprint density at radius 3 is 1.94 bits per heavy atom. The number of aliphatic hydroxyl groups excluding tert-OH is 1. The van der Waals surface area contributed by atoms with Crippen LogP contribution >= 0.6 is 0 Å². The molecule has 0 aliphatic carbocycles. The molecule has 0 saturated heterocycles. The van der Waals surface area contributed by atoms with Crippen molar-refractivity contribution in [1.29, 1.82) is 0 Å². The molecule has 4 heteroatoms. The summed E-state index contributed by atoms with van der Waals surface area (Å²) in [7, 11) is -3.12. The van der Waals surface area contributed by atoms with Gasteiger partial charge in [0.25, 0.3) is 0 Å². The minimum absolute atomic E-state index is 0.0624. The molecule has 0 fully saturated rings. The van der Waals surface area contributed by atoms with Crippen LogP contribution in [-0.4, -0.2) is 34.2 Å². The van der Waals surface area contributed by atoms with Crippen molar-refractivity contribution in [1.82, 2.24) is 0 Å². The van der Waals surface area contributed by atoms with Crippen LogP contribution in [0.25, 0.3) is 0 Å². The lowest BCUT2D eigenvalue weighted by molar-refractivity contribution is 0.107. The lowest BCUT2D eigenvalue weighted by atomic mass is 10.2. The third-order valence-electron chi connectivity index (χ3n) is 3.26. The Morgan fingerprint density at radius 1 is 1.11 bits per heavy atom. The van der Waals surface area contributed by atoms with Gasteiger partial charge in [-0.15, -0.1) is 11.5 Å². The standard InChI is InChI=1S/C14H30O2Si2/c1-14(2,3)18(7,8)16-13(12-15)10-9-11-17(4,5)6/h13,15H,10,12H2,1-8H3/t13-/m0/s1. The minimum atomic E-state index is -1.80. The van der Waals surface area contributed by atoms with E-state index in [1.165, 1.54) is 0 Å². The van der Waals surface area contributed by atoms with E-state index < -0.39 is 16.4 Å². The van der Waals surface area contributed by atoms with E-state index in [2.05, 4.69) is 65.0 Å². The number of rotatable bonds is 4. The second-order valence-electron chi connectivity index (χ2n) is 7.44. The van der Waals surface area contributed by atoms with Crippen LogP contribution in [0, 0.1) is 11.5 Å². The second kappa shape index (κ2) is 6.38. The highest BCUT2D eigenvalue weighted by Crippen LogP contribution is 2.37. The third-order valence-corrected chi connectivity index (χ3v) is 8.73. The highest BCUT2D eigenvalue weighted by Gasteiger charge is 2.38. The topological polar surface area (TPSA) is 29.5 Å². The SMILES string of the molecule is CC(C)(C)[Si](C)(C)O[C@H](CO)CC#C[Si](C)(C)C. The van der Waals surface area contributed by atoms with Crippen molar-refractivity contribution in [2.45, 2.75) is 71.1 Å². The summed E-state index contributed by atoms with van der Waals surface area (Å²) in [6.45, 7) is 17.8. The molecule has 0 aromatic rings. The fraction of sp³-hybridized carbons (Fsp3) is 0.857. The van der Waals surface area contributed by atoms with Crippen molar-refractivity contribution in [3.8, 4) is 11.5 Å². The monoisotopic (exact) mass is 286 g/mol. The van der Waals surface area contributed by atoms with E-state index in [1.54, 1.807) is 0 Å². The summed E-state index contributed by atoms with van der Waals surface area (Å²) >= 11 is 0. The highest BCUT2D eigenvalue weighted by molar-refractivity contribution is 6.83. The molecule has 106 valence electrons. The molecule has 0 amide bonds. The summed E-state index contributed by atoms with van der Waals surface area (Å²) in [5, 5.41) is 9.60. The Labute approximate surface area is 115 Å². The molecular weight excluding hydrogens is 256 g/mol. The molecule has 0 radical (unpaired) electrons. The zero-order valence-corrected chi connectivity index (χ0v) is 15.3. The summed E-state index contributed by atoms with van der Waals surface area (Å²) < 4.78 is 6.17. The van der Waals surface area contributed by atoms with Gasteiger partial charge in [0.2, 0.25) is 0 Å². The van der Waals surface area contributed by atoms with E-state index in [-0.39, 0.29) is 17.7 Å². The lowest BCUT2D eigenvalue weighted by Crippen LogP contribution is -2.44. The molecule has 0 aromatic heterocycles. The number of aliphatic hydroxyl groups is 1. The summed E-state index contributed by atoms with van der Waals surface area (Å²) in [4.78, 5) is 0. The third kappa shape index (κ3) is 6.74. The van der Waals surface area contributed by atoms with Gasteiger partial charge in [0.05, 0.1) is 12.7 Å². The fourth-order valence-electron chi connectivity index (χ4n) is 1.17. The average molecular weight is 287 g/mol. The summed E-state index contributed by atoms with van der Waals surface area (Å²) in [6.07, 6.45) is 0.516. The maximum Gasteiger partial charge on any atom is 0.192 e. The maximum atomic E-state index is 9.43. The van der Waals surface area contributed by atoms with Gasteiger partial charge in [-0.1, -0.05) is 40.4 Å². The number of hydrogen-bond acceptors (Lipinski definition) is 2. The molecule has 0 unspecified atom stereocenters. The first-order chi connectivity index (χ1) is 7.89. The summed E-state index contributed by atoms with van der Waals surface area (Å²) in [6, 6.07) is 0. The molecule has 0 aromatic carbocycles. The fourth-order valence-corrected chi connectivity index (χ4v) is 3.14. The Kier molecular flexibility index (Phi) is 6.35. The van der Waals surface area contributed by atoms with Crippen LogP contribution in [0.2, 0.25) is 37.8 Å². The van der Waals surface area contributed by atoms with E-state index in [1.807, 2.05) is 0 Å². The maximum absolute atomic E-state index is 9.43. The van der Waals surface area contributed by atoms with Gasteiger partial charge in [-0.05, 0) is 18.1 Å². The van der Waals surface area contributed by atoms with Crippen molar-refractivity contribution in [2.75, 3.05) is 6.61 Å². The molecule has 0 saturated carbocycles. The van der Waals surface area contributed by atoms with Crippen LogP contribution in [0.4, 0.5) is 0 Å². The lowest BCUT2D eigenvalue weighted by Gasteiger charge is -2.38. The number of hydrogen-bond donors (Lipinski definition) is 1.